The molecule has 1 aromatic rings. The fourth-order valence-electron chi connectivity index (χ4n) is 1.28. The summed E-state index contributed by atoms with van der Waals surface area (Å²) in [5, 5.41) is 20.8. The smallest absolute Gasteiger partial charge is 0.145 e. The Kier molecular flexibility index (Phi) is 3.94. The number of aryl methyl sites for hydroxylation is 1. The van der Waals surface area contributed by atoms with Gasteiger partial charge in [-0.05, 0) is 31.0 Å². The van der Waals surface area contributed by atoms with Crippen molar-refractivity contribution in [3.8, 4) is 12.1 Å². The van der Waals surface area contributed by atoms with Gasteiger partial charge < -0.3 is 5.32 Å². The Balaban J connectivity index is 3.09. The van der Waals surface area contributed by atoms with Gasteiger partial charge >= 0.3 is 0 Å². The number of allylic oxidation sites excluding steroid dienone is 1. The minimum Gasteiger partial charge on any atom is -0.359 e. The maximum absolute atomic E-state index is 8.59. The van der Waals surface area contributed by atoms with Crippen molar-refractivity contribution in [1.29, 1.82) is 10.5 Å². The molecular formula is C12H10ClN3. The summed E-state index contributed by atoms with van der Waals surface area (Å²) in [7, 11) is 0. The van der Waals surface area contributed by atoms with E-state index in [1.807, 2.05) is 26.0 Å². The summed E-state index contributed by atoms with van der Waals surface area (Å²) >= 11 is 5.98. The van der Waals surface area contributed by atoms with E-state index in [0.29, 0.717) is 5.02 Å². The topological polar surface area (TPSA) is 59.6 Å². The molecule has 0 amide bonds. The van der Waals surface area contributed by atoms with Gasteiger partial charge in [-0.15, -0.1) is 0 Å². The van der Waals surface area contributed by atoms with Crippen LogP contribution in [0.15, 0.2) is 23.9 Å². The highest BCUT2D eigenvalue weighted by molar-refractivity contribution is 6.31. The molecule has 0 saturated carbocycles. The summed E-state index contributed by atoms with van der Waals surface area (Å²) in [4.78, 5) is 0. The Labute approximate surface area is 99.6 Å². The summed E-state index contributed by atoms with van der Waals surface area (Å²) in [6.45, 7) is 3.81. The average molecular weight is 232 g/mol. The monoisotopic (exact) mass is 231 g/mol. The average Bonchev–Trinajstić information content (AvgIpc) is 2.29. The van der Waals surface area contributed by atoms with Crippen LogP contribution in [0.2, 0.25) is 5.02 Å². The molecule has 0 spiro atoms. The fourth-order valence-corrected chi connectivity index (χ4v) is 1.44. The normalized spacial score (nSPS) is 8.81. The molecule has 0 aliphatic carbocycles. The zero-order chi connectivity index (χ0) is 12.1. The first kappa shape index (κ1) is 12.1. The molecule has 1 rings (SSSR count). The van der Waals surface area contributed by atoms with Gasteiger partial charge in [-0.1, -0.05) is 17.7 Å². The Morgan fingerprint density at radius 1 is 1.31 bits per heavy atom. The zero-order valence-corrected chi connectivity index (χ0v) is 9.76. The lowest BCUT2D eigenvalue weighted by molar-refractivity contribution is 1.35. The summed E-state index contributed by atoms with van der Waals surface area (Å²) in [6.07, 6.45) is 1.38. The largest absolute Gasteiger partial charge is 0.359 e. The van der Waals surface area contributed by atoms with Crippen LogP contribution in [0.4, 0.5) is 5.69 Å². The van der Waals surface area contributed by atoms with Gasteiger partial charge in [0.05, 0.1) is 0 Å². The first-order valence-electron chi connectivity index (χ1n) is 4.62. The number of rotatable bonds is 2. The van der Waals surface area contributed by atoms with Crippen LogP contribution in [0.1, 0.15) is 11.1 Å². The van der Waals surface area contributed by atoms with Crippen LogP contribution in [-0.2, 0) is 0 Å². The Morgan fingerprint density at radius 2 is 1.94 bits per heavy atom. The number of halogens is 1. The van der Waals surface area contributed by atoms with Gasteiger partial charge in [-0.2, -0.15) is 10.5 Å². The molecule has 0 bridgehead atoms. The molecule has 0 fully saturated rings. The van der Waals surface area contributed by atoms with Gasteiger partial charge in [0.2, 0.25) is 0 Å². The van der Waals surface area contributed by atoms with E-state index in [-0.39, 0.29) is 5.57 Å². The van der Waals surface area contributed by atoms with Crippen LogP contribution >= 0.6 is 11.6 Å². The molecular weight excluding hydrogens is 222 g/mol. The van der Waals surface area contributed by atoms with E-state index >= 15 is 0 Å². The van der Waals surface area contributed by atoms with Gasteiger partial charge in [-0.25, -0.2) is 0 Å². The van der Waals surface area contributed by atoms with Crippen molar-refractivity contribution in [2.75, 3.05) is 5.32 Å². The Bertz CT molecular complexity index is 502. The molecule has 1 N–H and O–H groups in total. The lowest BCUT2D eigenvalue weighted by Crippen LogP contribution is -1.96. The molecule has 0 aromatic heterocycles. The van der Waals surface area contributed by atoms with E-state index in [1.165, 1.54) is 6.20 Å². The second-order valence-corrected chi connectivity index (χ2v) is 3.70. The standard InChI is InChI=1S/C12H10ClN3/c1-8-3-4-11(13)9(2)12(8)16-7-10(5-14)6-15/h3-4,7,16H,1-2H3. The van der Waals surface area contributed by atoms with E-state index in [0.717, 1.165) is 16.8 Å². The Morgan fingerprint density at radius 3 is 2.50 bits per heavy atom. The van der Waals surface area contributed by atoms with Crippen molar-refractivity contribution in [3.05, 3.63) is 40.1 Å². The third kappa shape index (κ3) is 2.53. The lowest BCUT2D eigenvalue weighted by Gasteiger charge is -2.10. The molecule has 1 aromatic carbocycles. The molecule has 0 radical (unpaired) electrons. The zero-order valence-electron chi connectivity index (χ0n) is 9.00. The van der Waals surface area contributed by atoms with Crippen LogP contribution in [0, 0.1) is 36.5 Å². The molecule has 0 heterocycles. The maximum atomic E-state index is 8.59. The Hall–Kier alpha value is -1.97. The van der Waals surface area contributed by atoms with Crippen LogP contribution in [-0.4, -0.2) is 0 Å². The summed E-state index contributed by atoms with van der Waals surface area (Å²) in [6, 6.07) is 7.26. The van der Waals surface area contributed by atoms with Crippen molar-refractivity contribution in [2.45, 2.75) is 13.8 Å². The summed E-state index contributed by atoms with van der Waals surface area (Å²) < 4.78 is 0. The maximum Gasteiger partial charge on any atom is 0.145 e. The molecule has 4 heteroatoms. The van der Waals surface area contributed by atoms with Gasteiger partial charge in [-0.3, -0.25) is 0 Å². The van der Waals surface area contributed by atoms with Gasteiger partial charge in [0.25, 0.3) is 0 Å². The van der Waals surface area contributed by atoms with E-state index in [2.05, 4.69) is 5.32 Å². The van der Waals surface area contributed by atoms with Crippen molar-refractivity contribution < 1.29 is 0 Å². The second kappa shape index (κ2) is 5.21. The van der Waals surface area contributed by atoms with Crippen LogP contribution in [0.5, 0.6) is 0 Å². The van der Waals surface area contributed by atoms with Crippen LogP contribution in [0.3, 0.4) is 0 Å². The lowest BCUT2D eigenvalue weighted by atomic mass is 10.1. The van der Waals surface area contributed by atoms with Crippen molar-refractivity contribution in [3.63, 3.8) is 0 Å². The number of hydrogen-bond acceptors (Lipinski definition) is 3. The van der Waals surface area contributed by atoms with Gasteiger partial charge in [0.15, 0.2) is 0 Å². The van der Waals surface area contributed by atoms with Crippen molar-refractivity contribution >= 4 is 17.3 Å². The number of anilines is 1. The van der Waals surface area contributed by atoms with E-state index < -0.39 is 0 Å². The number of nitriles is 2. The summed E-state index contributed by atoms with van der Waals surface area (Å²) in [5.41, 5.74) is 2.76. The molecule has 16 heavy (non-hydrogen) atoms. The molecule has 0 unspecified atom stereocenters. The van der Waals surface area contributed by atoms with Crippen LogP contribution < -0.4 is 5.32 Å². The predicted molar refractivity (Wildman–Crippen MR) is 63.9 cm³/mol. The third-order valence-corrected chi connectivity index (χ3v) is 2.62. The SMILES string of the molecule is Cc1ccc(Cl)c(C)c1NC=C(C#N)C#N. The van der Waals surface area contributed by atoms with E-state index in [9.17, 15) is 0 Å². The van der Waals surface area contributed by atoms with Gasteiger partial charge in [0.1, 0.15) is 17.7 Å². The number of benzene rings is 1. The predicted octanol–water partition coefficient (Wildman–Crippen LogP) is 3.30. The minimum absolute atomic E-state index is 0.0266. The number of nitrogens with zero attached hydrogens (tertiary/aromatic N) is 2. The number of hydrogen-bond donors (Lipinski definition) is 1. The third-order valence-electron chi connectivity index (χ3n) is 2.21. The van der Waals surface area contributed by atoms with Crippen LogP contribution in [0.25, 0.3) is 0 Å². The molecule has 0 aliphatic rings. The summed E-state index contributed by atoms with van der Waals surface area (Å²) in [5.74, 6) is 0. The van der Waals surface area contributed by atoms with Crippen molar-refractivity contribution in [2.24, 2.45) is 0 Å². The molecule has 0 aliphatic heterocycles. The quantitative estimate of drug-likeness (QED) is 0.795. The number of nitrogens with one attached hydrogen (secondary N) is 1. The van der Waals surface area contributed by atoms with E-state index in [1.54, 1.807) is 12.1 Å². The molecule has 0 atom stereocenters. The van der Waals surface area contributed by atoms with Crippen molar-refractivity contribution in [1.82, 2.24) is 0 Å². The highest BCUT2D eigenvalue weighted by atomic mass is 35.5. The fraction of sp³-hybridized carbons (Fsp3) is 0.167. The highest BCUT2D eigenvalue weighted by Gasteiger charge is 2.04. The van der Waals surface area contributed by atoms with Gasteiger partial charge in [0, 0.05) is 16.9 Å². The minimum atomic E-state index is 0.0266. The molecule has 3 nitrogen and oxygen atoms in total. The van der Waals surface area contributed by atoms with E-state index in [4.69, 9.17) is 22.1 Å². The second-order valence-electron chi connectivity index (χ2n) is 3.29. The first-order chi connectivity index (χ1) is 7.60. The molecule has 0 saturated heterocycles. The molecule has 80 valence electrons. The highest BCUT2D eigenvalue weighted by Crippen LogP contribution is 2.27. The first-order valence-corrected chi connectivity index (χ1v) is 5.00.